The van der Waals surface area contributed by atoms with Gasteiger partial charge < -0.3 is 10.0 Å². The summed E-state index contributed by atoms with van der Waals surface area (Å²) in [7, 11) is 1.42. The lowest BCUT2D eigenvalue weighted by Crippen LogP contribution is -2.50. The zero-order chi connectivity index (χ0) is 13.4. The lowest BCUT2D eigenvalue weighted by Gasteiger charge is -2.34. The summed E-state index contributed by atoms with van der Waals surface area (Å²) in [5.74, 6) is -1.27. The molecule has 6 heteroatoms. The van der Waals surface area contributed by atoms with Gasteiger partial charge in [0.15, 0.2) is 0 Å². The predicted octanol–water partition coefficient (Wildman–Crippen LogP) is 0.912. The van der Waals surface area contributed by atoms with Crippen LogP contribution in [0.4, 0.5) is 4.79 Å². The summed E-state index contributed by atoms with van der Waals surface area (Å²) < 4.78 is 0. The second kappa shape index (κ2) is 4.35. The van der Waals surface area contributed by atoms with Crippen molar-refractivity contribution < 1.29 is 19.5 Å². The number of urea groups is 1. The van der Waals surface area contributed by atoms with Crippen LogP contribution >= 0.6 is 0 Å². The van der Waals surface area contributed by atoms with Crippen LogP contribution in [-0.4, -0.2) is 51.4 Å². The lowest BCUT2D eigenvalue weighted by atomic mass is 9.99. The maximum absolute atomic E-state index is 12.0. The van der Waals surface area contributed by atoms with Crippen molar-refractivity contribution in [2.75, 3.05) is 7.05 Å². The van der Waals surface area contributed by atoms with Gasteiger partial charge in [0, 0.05) is 13.1 Å². The van der Waals surface area contributed by atoms with E-state index in [2.05, 4.69) is 0 Å². The van der Waals surface area contributed by atoms with Crippen molar-refractivity contribution in [2.24, 2.45) is 0 Å². The third kappa shape index (κ3) is 2.11. The molecule has 1 heterocycles. The van der Waals surface area contributed by atoms with Gasteiger partial charge in [0.1, 0.15) is 5.54 Å². The molecule has 0 bridgehead atoms. The Bertz CT molecular complexity index is 364. The average molecular weight is 242 g/mol. The number of nitrogens with zero attached hydrogens (tertiary/aromatic N) is 2. The van der Waals surface area contributed by atoms with Gasteiger partial charge in [-0.25, -0.2) is 4.79 Å². The molecule has 3 amide bonds. The van der Waals surface area contributed by atoms with E-state index >= 15 is 0 Å². The van der Waals surface area contributed by atoms with Gasteiger partial charge in [-0.05, 0) is 20.3 Å². The molecule has 1 atom stereocenters. The van der Waals surface area contributed by atoms with Crippen molar-refractivity contribution in [3.8, 4) is 0 Å². The second-order valence-corrected chi connectivity index (χ2v) is 4.74. The van der Waals surface area contributed by atoms with Crippen LogP contribution < -0.4 is 0 Å². The molecule has 96 valence electrons. The number of likely N-dealkylation sites (N-methyl/N-ethyl adjacent to an activating group) is 1. The van der Waals surface area contributed by atoms with Gasteiger partial charge >= 0.3 is 12.0 Å². The first-order valence-electron chi connectivity index (χ1n) is 5.56. The molecule has 1 aliphatic rings. The van der Waals surface area contributed by atoms with Crippen LogP contribution in [0.1, 0.15) is 33.6 Å². The molecule has 1 fully saturated rings. The molecular formula is C11H18N2O4. The number of hydrogen-bond donors (Lipinski definition) is 1. The molecule has 0 aliphatic carbocycles. The number of hydrogen-bond acceptors (Lipinski definition) is 3. The van der Waals surface area contributed by atoms with E-state index in [0.717, 1.165) is 4.90 Å². The molecule has 0 aromatic rings. The van der Waals surface area contributed by atoms with E-state index in [4.69, 9.17) is 5.11 Å². The highest BCUT2D eigenvalue weighted by Gasteiger charge is 2.52. The molecule has 1 saturated heterocycles. The summed E-state index contributed by atoms with van der Waals surface area (Å²) in [5.41, 5.74) is -0.970. The minimum Gasteiger partial charge on any atom is -0.481 e. The minimum absolute atomic E-state index is 0.146. The summed E-state index contributed by atoms with van der Waals surface area (Å²) in [6.07, 6.45) is 0.357. The van der Waals surface area contributed by atoms with Crippen LogP contribution in [0.5, 0.6) is 0 Å². The predicted molar refractivity (Wildman–Crippen MR) is 60.4 cm³/mol. The number of carboxylic acid groups (broad SMARTS) is 1. The maximum Gasteiger partial charge on any atom is 0.327 e. The number of rotatable bonds is 4. The Hall–Kier alpha value is -1.59. The summed E-state index contributed by atoms with van der Waals surface area (Å²) in [6.45, 7) is 5.09. The number of carbonyl (C=O) groups is 3. The molecular weight excluding hydrogens is 224 g/mol. The molecule has 0 radical (unpaired) electrons. The van der Waals surface area contributed by atoms with Crippen LogP contribution in [0.15, 0.2) is 0 Å². The lowest BCUT2D eigenvalue weighted by molar-refractivity contribution is -0.139. The number of amides is 3. The van der Waals surface area contributed by atoms with Gasteiger partial charge in [-0.2, -0.15) is 0 Å². The maximum atomic E-state index is 12.0. The molecule has 1 rings (SSSR count). The van der Waals surface area contributed by atoms with Crippen molar-refractivity contribution >= 4 is 17.9 Å². The Morgan fingerprint density at radius 1 is 1.41 bits per heavy atom. The zero-order valence-corrected chi connectivity index (χ0v) is 10.6. The first-order valence-corrected chi connectivity index (χ1v) is 5.56. The molecule has 17 heavy (non-hydrogen) atoms. The van der Waals surface area contributed by atoms with Crippen LogP contribution in [0.2, 0.25) is 0 Å². The quantitative estimate of drug-likeness (QED) is 0.743. The highest BCUT2D eigenvalue weighted by Crippen LogP contribution is 2.30. The number of aliphatic carboxylic acids is 1. The molecule has 0 spiro atoms. The Kier molecular flexibility index (Phi) is 3.45. The zero-order valence-electron chi connectivity index (χ0n) is 10.6. The Balaban J connectivity index is 3.06. The normalized spacial score (nSPS) is 20.9. The SMILES string of the molecule is CCC(CC(=O)O)N1C(=O)N(C)C(=O)C1(C)C. The molecule has 6 nitrogen and oxygen atoms in total. The summed E-state index contributed by atoms with van der Waals surface area (Å²) >= 11 is 0. The van der Waals surface area contributed by atoms with Crippen LogP contribution in [0, 0.1) is 0 Å². The fraction of sp³-hybridized carbons (Fsp3) is 0.727. The highest BCUT2D eigenvalue weighted by atomic mass is 16.4. The number of carbonyl (C=O) groups excluding carboxylic acids is 2. The van der Waals surface area contributed by atoms with E-state index in [0.29, 0.717) is 6.42 Å². The summed E-state index contributed by atoms with van der Waals surface area (Å²) in [4.78, 5) is 37.0. The molecule has 0 aromatic heterocycles. The van der Waals surface area contributed by atoms with Crippen LogP contribution in [0.25, 0.3) is 0 Å². The van der Waals surface area contributed by atoms with E-state index in [1.165, 1.54) is 11.9 Å². The number of imide groups is 1. The monoisotopic (exact) mass is 242 g/mol. The van der Waals surface area contributed by atoms with Gasteiger partial charge in [0.25, 0.3) is 5.91 Å². The summed E-state index contributed by atoms with van der Waals surface area (Å²) in [6, 6.07) is -0.878. The third-order valence-electron chi connectivity index (χ3n) is 3.17. The van der Waals surface area contributed by atoms with E-state index < -0.39 is 23.6 Å². The van der Waals surface area contributed by atoms with Crippen molar-refractivity contribution in [2.45, 2.75) is 45.2 Å². The van der Waals surface area contributed by atoms with Gasteiger partial charge in [-0.1, -0.05) is 6.92 Å². The molecule has 1 aliphatic heterocycles. The average Bonchev–Trinajstić information content (AvgIpc) is 2.37. The topological polar surface area (TPSA) is 77.9 Å². The standard InChI is InChI=1S/C11H18N2O4/c1-5-7(6-8(14)15)13-10(17)12(4)9(16)11(13,2)3/h7H,5-6H2,1-4H3,(H,14,15). The first kappa shape index (κ1) is 13.5. The molecule has 1 N–H and O–H groups in total. The van der Waals surface area contributed by atoms with Crippen molar-refractivity contribution in [3.63, 3.8) is 0 Å². The molecule has 1 unspecified atom stereocenters. The van der Waals surface area contributed by atoms with Crippen LogP contribution in [0.3, 0.4) is 0 Å². The number of carboxylic acids is 1. The Morgan fingerprint density at radius 3 is 2.24 bits per heavy atom. The van der Waals surface area contributed by atoms with Crippen molar-refractivity contribution in [1.82, 2.24) is 9.80 Å². The van der Waals surface area contributed by atoms with Crippen molar-refractivity contribution in [3.05, 3.63) is 0 Å². The molecule has 0 aromatic carbocycles. The fourth-order valence-corrected chi connectivity index (χ4v) is 2.23. The van der Waals surface area contributed by atoms with Gasteiger partial charge in [-0.15, -0.1) is 0 Å². The Labute approximate surface area is 100 Å². The van der Waals surface area contributed by atoms with E-state index in [1.807, 2.05) is 0 Å². The first-order chi connectivity index (χ1) is 7.73. The smallest absolute Gasteiger partial charge is 0.327 e. The summed E-state index contributed by atoms with van der Waals surface area (Å²) in [5, 5.41) is 8.83. The largest absolute Gasteiger partial charge is 0.481 e. The Morgan fingerprint density at radius 2 is 1.94 bits per heavy atom. The fourth-order valence-electron chi connectivity index (χ4n) is 2.23. The molecule has 0 saturated carbocycles. The second-order valence-electron chi connectivity index (χ2n) is 4.74. The van der Waals surface area contributed by atoms with E-state index in [9.17, 15) is 14.4 Å². The van der Waals surface area contributed by atoms with Crippen molar-refractivity contribution in [1.29, 1.82) is 0 Å². The van der Waals surface area contributed by atoms with Crippen LogP contribution in [-0.2, 0) is 9.59 Å². The highest BCUT2D eigenvalue weighted by molar-refractivity contribution is 6.06. The van der Waals surface area contributed by atoms with Gasteiger partial charge in [-0.3, -0.25) is 14.5 Å². The third-order valence-corrected chi connectivity index (χ3v) is 3.17. The van der Waals surface area contributed by atoms with Gasteiger partial charge in [0.05, 0.1) is 6.42 Å². The van der Waals surface area contributed by atoms with E-state index in [-0.39, 0.29) is 12.3 Å². The van der Waals surface area contributed by atoms with Gasteiger partial charge in [0.2, 0.25) is 0 Å². The minimum atomic E-state index is -0.970. The van der Waals surface area contributed by atoms with E-state index in [1.54, 1.807) is 20.8 Å².